The molecule has 1 amide bonds. The molecule has 0 fully saturated rings. The number of hydrogen-bond acceptors (Lipinski definition) is 5. The van der Waals surface area contributed by atoms with Gasteiger partial charge in [0.2, 0.25) is 10.6 Å². The SMILES string of the molecule is CC(C)(C)OC(=O)NCCCc1nc(Cl)nc(Cl)n1. The minimum absolute atomic E-state index is 0.0649. The average molecular weight is 307 g/mol. The molecule has 1 aromatic heterocycles. The van der Waals surface area contributed by atoms with E-state index in [4.69, 9.17) is 27.9 Å². The van der Waals surface area contributed by atoms with Gasteiger partial charge in [-0.05, 0) is 50.4 Å². The first-order valence-corrected chi connectivity index (χ1v) is 6.55. The largest absolute Gasteiger partial charge is 0.444 e. The van der Waals surface area contributed by atoms with Gasteiger partial charge in [0.15, 0.2) is 0 Å². The van der Waals surface area contributed by atoms with Gasteiger partial charge < -0.3 is 10.1 Å². The van der Waals surface area contributed by atoms with E-state index in [0.717, 1.165) is 0 Å². The van der Waals surface area contributed by atoms with E-state index in [0.29, 0.717) is 25.2 Å². The Morgan fingerprint density at radius 1 is 1.21 bits per heavy atom. The first-order valence-electron chi connectivity index (χ1n) is 5.79. The molecule has 0 aromatic carbocycles. The summed E-state index contributed by atoms with van der Waals surface area (Å²) in [5, 5.41) is 2.77. The van der Waals surface area contributed by atoms with Gasteiger partial charge in [-0.2, -0.15) is 4.98 Å². The zero-order valence-electron chi connectivity index (χ0n) is 11.0. The maximum atomic E-state index is 11.4. The summed E-state index contributed by atoms with van der Waals surface area (Å²) in [6.45, 7) is 5.87. The van der Waals surface area contributed by atoms with Crippen molar-refractivity contribution in [3.05, 3.63) is 16.4 Å². The Hall–Kier alpha value is -1.14. The van der Waals surface area contributed by atoms with Crippen LogP contribution in [0.2, 0.25) is 10.6 Å². The lowest BCUT2D eigenvalue weighted by molar-refractivity contribution is 0.0527. The number of carbonyl (C=O) groups excluding carboxylic acids is 1. The molecule has 1 rings (SSSR count). The van der Waals surface area contributed by atoms with E-state index in [2.05, 4.69) is 20.3 Å². The number of amides is 1. The van der Waals surface area contributed by atoms with Crippen LogP contribution in [0.4, 0.5) is 4.79 Å². The molecule has 6 nitrogen and oxygen atoms in total. The summed E-state index contributed by atoms with van der Waals surface area (Å²) in [4.78, 5) is 22.9. The summed E-state index contributed by atoms with van der Waals surface area (Å²) in [5.74, 6) is 0.496. The molecule has 106 valence electrons. The van der Waals surface area contributed by atoms with Crippen LogP contribution in [-0.4, -0.2) is 33.2 Å². The Balaban J connectivity index is 2.29. The van der Waals surface area contributed by atoms with Gasteiger partial charge in [-0.1, -0.05) is 0 Å². The molecule has 1 aromatic rings. The van der Waals surface area contributed by atoms with Crippen molar-refractivity contribution in [1.82, 2.24) is 20.3 Å². The van der Waals surface area contributed by atoms with Gasteiger partial charge in [-0.3, -0.25) is 0 Å². The number of aryl methyl sites for hydroxylation is 1. The van der Waals surface area contributed by atoms with Gasteiger partial charge in [-0.25, -0.2) is 14.8 Å². The average Bonchev–Trinajstić information content (AvgIpc) is 2.20. The Bertz CT molecular complexity index is 429. The molecule has 1 N–H and O–H groups in total. The zero-order valence-corrected chi connectivity index (χ0v) is 12.5. The van der Waals surface area contributed by atoms with Crippen LogP contribution in [-0.2, 0) is 11.2 Å². The molecule has 19 heavy (non-hydrogen) atoms. The Labute approximate surface area is 121 Å². The molecule has 0 radical (unpaired) electrons. The quantitative estimate of drug-likeness (QED) is 0.865. The fraction of sp³-hybridized carbons (Fsp3) is 0.636. The van der Waals surface area contributed by atoms with E-state index in [-0.39, 0.29) is 10.6 Å². The summed E-state index contributed by atoms with van der Waals surface area (Å²) >= 11 is 11.3. The molecular formula is C11H16Cl2N4O2. The standard InChI is InChI=1S/C11H16Cl2N4O2/c1-11(2,3)19-10(18)14-6-4-5-7-15-8(12)17-9(13)16-7/h4-6H2,1-3H3,(H,14,18). The van der Waals surface area contributed by atoms with Gasteiger partial charge in [0.1, 0.15) is 11.4 Å². The first kappa shape index (κ1) is 15.9. The number of nitrogens with zero attached hydrogens (tertiary/aromatic N) is 3. The highest BCUT2D eigenvalue weighted by molar-refractivity contribution is 6.30. The number of alkyl carbamates (subject to hydrolysis) is 1. The second-order valence-electron chi connectivity index (χ2n) is 4.82. The van der Waals surface area contributed by atoms with Crippen molar-refractivity contribution in [2.75, 3.05) is 6.54 Å². The minimum Gasteiger partial charge on any atom is -0.444 e. The zero-order chi connectivity index (χ0) is 14.5. The maximum Gasteiger partial charge on any atom is 0.407 e. The smallest absolute Gasteiger partial charge is 0.407 e. The number of carbonyl (C=O) groups is 1. The summed E-state index contributed by atoms with van der Waals surface area (Å²) in [6.07, 6.45) is 0.743. The van der Waals surface area contributed by atoms with Gasteiger partial charge >= 0.3 is 6.09 Å². The van der Waals surface area contributed by atoms with Crippen molar-refractivity contribution >= 4 is 29.3 Å². The molecule has 1 heterocycles. The number of nitrogens with one attached hydrogen (secondary N) is 1. The van der Waals surface area contributed by atoms with Crippen LogP contribution in [0.5, 0.6) is 0 Å². The topological polar surface area (TPSA) is 77.0 Å². The normalized spacial score (nSPS) is 11.2. The van der Waals surface area contributed by atoms with E-state index in [9.17, 15) is 4.79 Å². The monoisotopic (exact) mass is 306 g/mol. The predicted molar refractivity (Wildman–Crippen MR) is 72.4 cm³/mol. The molecule has 8 heteroatoms. The van der Waals surface area contributed by atoms with Crippen LogP contribution in [0.15, 0.2) is 0 Å². The highest BCUT2D eigenvalue weighted by atomic mass is 35.5. The third kappa shape index (κ3) is 7.12. The molecule has 0 spiro atoms. The van der Waals surface area contributed by atoms with E-state index in [1.807, 2.05) is 0 Å². The fourth-order valence-corrected chi connectivity index (χ4v) is 1.63. The number of halogens is 2. The molecule has 0 saturated carbocycles. The van der Waals surface area contributed by atoms with E-state index in [1.54, 1.807) is 20.8 Å². The van der Waals surface area contributed by atoms with Crippen LogP contribution >= 0.6 is 23.2 Å². The van der Waals surface area contributed by atoms with Crippen LogP contribution in [0.25, 0.3) is 0 Å². The summed E-state index contributed by atoms with van der Waals surface area (Å²) in [6, 6.07) is 0. The highest BCUT2D eigenvalue weighted by Gasteiger charge is 2.15. The fourth-order valence-electron chi connectivity index (χ4n) is 1.23. The molecule has 0 aliphatic heterocycles. The van der Waals surface area contributed by atoms with Gasteiger partial charge in [-0.15, -0.1) is 0 Å². The van der Waals surface area contributed by atoms with E-state index < -0.39 is 11.7 Å². The lowest BCUT2D eigenvalue weighted by Gasteiger charge is -2.19. The number of hydrogen-bond donors (Lipinski definition) is 1. The van der Waals surface area contributed by atoms with E-state index >= 15 is 0 Å². The van der Waals surface area contributed by atoms with Crippen LogP contribution in [0.1, 0.15) is 33.0 Å². The second kappa shape index (κ2) is 6.86. The Morgan fingerprint density at radius 3 is 2.32 bits per heavy atom. The lowest BCUT2D eigenvalue weighted by atomic mass is 10.2. The number of ether oxygens (including phenoxy) is 1. The number of aromatic nitrogens is 3. The molecule has 0 aliphatic carbocycles. The maximum absolute atomic E-state index is 11.4. The van der Waals surface area contributed by atoms with Crippen molar-refractivity contribution in [3.63, 3.8) is 0 Å². The molecule has 0 atom stereocenters. The van der Waals surface area contributed by atoms with Crippen molar-refractivity contribution in [2.45, 2.75) is 39.2 Å². The third-order valence-corrected chi connectivity index (χ3v) is 2.21. The molecule has 0 unspecified atom stereocenters. The molecule has 0 bridgehead atoms. The predicted octanol–water partition coefficient (Wildman–Crippen LogP) is 2.64. The first-order chi connectivity index (χ1) is 8.76. The Morgan fingerprint density at radius 2 is 1.79 bits per heavy atom. The van der Waals surface area contributed by atoms with E-state index in [1.165, 1.54) is 0 Å². The van der Waals surface area contributed by atoms with Crippen molar-refractivity contribution in [1.29, 1.82) is 0 Å². The summed E-state index contributed by atoms with van der Waals surface area (Å²) in [7, 11) is 0. The van der Waals surface area contributed by atoms with Crippen molar-refractivity contribution in [2.24, 2.45) is 0 Å². The summed E-state index contributed by atoms with van der Waals surface area (Å²) in [5.41, 5.74) is -0.501. The number of rotatable bonds is 4. The molecule has 0 saturated heterocycles. The molecular weight excluding hydrogens is 291 g/mol. The summed E-state index contributed by atoms with van der Waals surface area (Å²) < 4.78 is 5.09. The van der Waals surface area contributed by atoms with Crippen molar-refractivity contribution < 1.29 is 9.53 Å². The third-order valence-electron chi connectivity index (χ3n) is 1.87. The van der Waals surface area contributed by atoms with Crippen LogP contribution < -0.4 is 5.32 Å². The van der Waals surface area contributed by atoms with Gasteiger partial charge in [0.05, 0.1) is 0 Å². The Kier molecular flexibility index (Phi) is 5.75. The van der Waals surface area contributed by atoms with Crippen LogP contribution in [0, 0.1) is 0 Å². The van der Waals surface area contributed by atoms with Gasteiger partial charge in [0, 0.05) is 13.0 Å². The molecule has 0 aliphatic rings. The van der Waals surface area contributed by atoms with Crippen molar-refractivity contribution in [3.8, 4) is 0 Å². The van der Waals surface area contributed by atoms with Crippen LogP contribution in [0.3, 0.4) is 0 Å². The lowest BCUT2D eigenvalue weighted by Crippen LogP contribution is -2.33. The highest BCUT2D eigenvalue weighted by Crippen LogP contribution is 2.08. The second-order valence-corrected chi connectivity index (χ2v) is 5.50. The minimum atomic E-state index is -0.501. The van der Waals surface area contributed by atoms with Gasteiger partial charge in [0.25, 0.3) is 0 Å².